The number of hydrogen-bond donors (Lipinski definition) is 1. The number of nitrogens with one attached hydrogen (secondary N) is 1. The molecule has 1 saturated heterocycles. The first-order valence-electron chi connectivity index (χ1n) is 8.99. The number of carbonyl (C=O) groups excluding carboxylic acids is 1. The maximum Gasteiger partial charge on any atom is 0.251 e. The number of nitrogens with zero attached hydrogens (tertiary/aromatic N) is 2. The van der Waals surface area contributed by atoms with Gasteiger partial charge in [-0.2, -0.15) is 0 Å². The maximum absolute atomic E-state index is 12.7. The zero-order chi connectivity index (χ0) is 18.5. The number of carbonyl (C=O) groups is 1. The molecule has 1 aliphatic rings. The normalized spacial score (nSPS) is 18.3. The first kappa shape index (κ1) is 18.9. The van der Waals surface area contributed by atoms with Gasteiger partial charge in [0.15, 0.2) is 0 Å². The molecule has 26 heavy (non-hydrogen) atoms. The summed E-state index contributed by atoms with van der Waals surface area (Å²) < 4.78 is 5.23. The first-order chi connectivity index (χ1) is 12.6. The summed E-state index contributed by atoms with van der Waals surface area (Å²) in [5.41, 5.74) is 0.625. The van der Waals surface area contributed by atoms with Crippen molar-refractivity contribution < 1.29 is 9.53 Å². The highest BCUT2D eigenvalue weighted by molar-refractivity contribution is 7.10. The third-order valence-corrected chi connectivity index (χ3v) is 5.87. The maximum atomic E-state index is 12.7. The monoisotopic (exact) mass is 373 g/mol. The molecule has 2 aromatic rings. The number of ether oxygens (including phenoxy) is 1. The Morgan fingerprint density at radius 3 is 2.62 bits per heavy atom. The van der Waals surface area contributed by atoms with Crippen molar-refractivity contribution in [3.63, 3.8) is 0 Å². The van der Waals surface area contributed by atoms with Crippen molar-refractivity contribution >= 4 is 17.2 Å². The van der Waals surface area contributed by atoms with Gasteiger partial charge in [0.1, 0.15) is 5.75 Å². The number of benzene rings is 1. The summed E-state index contributed by atoms with van der Waals surface area (Å²) in [6.07, 6.45) is 0. The van der Waals surface area contributed by atoms with E-state index in [4.69, 9.17) is 4.74 Å². The van der Waals surface area contributed by atoms with Gasteiger partial charge in [-0.1, -0.05) is 12.1 Å². The second-order valence-corrected chi connectivity index (χ2v) is 7.77. The minimum atomic E-state index is -0.0629. The Bertz CT molecular complexity index is 712. The fraction of sp³-hybridized carbons (Fsp3) is 0.450. The van der Waals surface area contributed by atoms with Gasteiger partial charge in [-0.15, -0.1) is 11.3 Å². The van der Waals surface area contributed by atoms with E-state index in [2.05, 4.69) is 46.6 Å². The van der Waals surface area contributed by atoms with Gasteiger partial charge in [-0.3, -0.25) is 9.69 Å². The van der Waals surface area contributed by atoms with Crippen LogP contribution in [0.15, 0.2) is 41.8 Å². The molecule has 0 saturated carbocycles. The highest BCUT2D eigenvalue weighted by Crippen LogP contribution is 2.29. The van der Waals surface area contributed by atoms with E-state index in [1.807, 2.05) is 18.2 Å². The quantitative estimate of drug-likeness (QED) is 0.846. The summed E-state index contributed by atoms with van der Waals surface area (Å²) in [6.45, 7) is 6.23. The number of thiophene rings is 1. The molecule has 1 aromatic carbocycles. The van der Waals surface area contributed by atoms with E-state index in [0.717, 1.165) is 26.2 Å². The average molecular weight is 374 g/mol. The van der Waals surface area contributed by atoms with Gasteiger partial charge < -0.3 is 15.0 Å². The Morgan fingerprint density at radius 2 is 1.96 bits per heavy atom. The van der Waals surface area contributed by atoms with Crippen molar-refractivity contribution in [1.29, 1.82) is 0 Å². The number of rotatable bonds is 6. The van der Waals surface area contributed by atoms with Crippen molar-refractivity contribution in [1.82, 2.24) is 15.1 Å². The lowest BCUT2D eigenvalue weighted by atomic mass is 10.0. The summed E-state index contributed by atoms with van der Waals surface area (Å²) in [4.78, 5) is 18.9. The van der Waals surface area contributed by atoms with Crippen molar-refractivity contribution in [2.24, 2.45) is 0 Å². The predicted molar refractivity (Wildman–Crippen MR) is 106 cm³/mol. The van der Waals surface area contributed by atoms with Gasteiger partial charge in [0.25, 0.3) is 5.91 Å². The van der Waals surface area contributed by atoms with Crippen LogP contribution >= 0.6 is 11.3 Å². The van der Waals surface area contributed by atoms with Gasteiger partial charge in [0.05, 0.1) is 13.2 Å². The highest BCUT2D eigenvalue weighted by atomic mass is 32.1. The molecule has 2 heterocycles. The molecule has 0 unspecified atom stereocenters. The van der Waals surface area contributed by atoms with Crippen LogP contribution in [0, 0.1) is 0 Å². The van der Waals surface area contributed by atoms with Crippen molar-refractivity contribution in [3.05, 3.63) is 52.2 Å². The Hall–Kier alpha value is -1.89. The molecule has 1 fully saturated rings. The molecule has 3 rings (SSSR count). The standard InChI is InChI=1S/C20H27N3O2S/c1-15(21-20(24)16-6-4-7-17(14-16)25-3)19(18-8-5-13-26-18)23-11-9-22(2)10-12-23/h4-8,13-15,19H,9-12H2,1-3H3,(H,21,24)/t15-,19-/m1/s1. The zero-order valence-corrected chi connectivity index (χ0v) is 16.5. The van der Waals surface area contributed by atoms with Crippen LogP contribution in [0.25, 0.3) is 0 Å². The Labute approximate surface area is 159 Å². The number of amides is 1. The van der Waals surface area contributed by atoms with Gasteiger partial charge in [0, 0.05) is 42.7 Å². The SMILES string of the molecule is COc1cccc(C(=O)N[C@H](C)[C@H](c2cccs2)N2CCN(C)CC2)c1. The number of hydrogen-bond acceptors (Lipinski definition) is 5. The van der Waals surface area contributed by atoms with E-state index in [1.54, 1.807) is 24.5 Å². The van der Waals surface area contributed by atoms with E-state index in [1.165, 1.54) is 4.88 Å². The number of likely N-dealkylation sites (N-methyl/N-ethyl adjacent to an activating group) is 1. The largest absolute Gasteiger partial charge is 0.497 e. The minimum Gasteiger partial charge on any atom is -0.497 e. The van der Waals surface area contributed by atoms with Gasteiger partial charge in [-0.25, -0.2) is 0 Å². The van der Waals surface area contributed by atoms with Crippen LogP contribution in [-0.4, -0.2) is 62.1 Å². The van der Waals surface area contributed by atoms with Crippen LogP contribution in [0.3, 0.4) is 0 Å². The second-order valence-electron chi connectivity index (χ2n) is 6.79. The molecule has 1 N–H and O–H groups in total. The smallest absolute Gasteiger partial charge is 0.251 e. The van der Waals surface area contributed by atoms with E-state index >= 15 is 0 Å². The summed E-state index contributed by atoms with van der Waals surface area (Å²) in [5.74, 6) is 0.631. The van der Waals surface area contributed by atoms with Crippen LogP contribution < -0.4 is 10.1 Å². The van der Waals surface area contributed by atoms with Crippen molar-refractivity contribution in [2.45, 2.75) is 19.0 Å². The average Bonchev–Trinajstić information content (AvgIpc) is 3.17. The fourth-order valence-electron chi connectivity index (χ4n) is 3.44. The second kappa shape index (κ2) is 8.66. The summed E-state index contributed by atoms with van der Waals surface area (Å²) in [7, 11) is 3.77. The summed E-state index contributed by atoms with van der Waals surface area (Å²) in [5, 5.41) is 5.31. The summed E-state index contributed by atoms with van der Waals surface area (Å²) >= 11 is 1.76. The third-order valence-electron chi connectivity index (χ3n) is 4.93. The lowest BCUT2D eigenvalue weighted by Gasteiger charge is -2.40. The molecule has 0 bridgehead atoms. The number of methoxy groups -OCH3 is 1. The Kier molecular flexibility index (Phi) is 6.29. The van der Waals surface area contributed by atoms with E-state index in [0.29, 0.717) is 11.3 Å². The molecule has 0 spiro atoms. The molecular weight excluding hydrogens is 346 g/mol. The predicted octanol–water partition coefficient (Wildman–Crippen LogP) is 2.86. The van der Waals surface area contributed by atoms with Crippen LogP contribution in [-0.2, 0) is 0 Å². The zero-order valence-electron chi connectivity index (χ0n) is 15.6. The lowest BCUT2D eigenvalue weighted by Crippen LogP contribution is -2.51. The molecule has 1 amide bonds. The van der Waals surface area contributed by atoms with Gasteiger partial charge in [0.2, 0.25) is 0 Å². The Morgan fingerprint density at radius 1 is 1.19 bits per heavy atom. The molecule has 2 atom stereocenters. The summed E-state index contributed by atoms with van der Waals surface area (Å²) in [6, 6.07) is 11.7. The molecule has 5 nitrogen and oxygen atoms in total. The topological polar surface area (TPSA) is 44.8 Å². The van der Waals surface area contributed by atoms with Crippen LogP contribution in [0.4, 0.5) is 0 Å². The molecule has 1 aliphatic heterocycles. The first-order valence-corrected chi connectivity index (χ1v) is 9.87. The molecule has 1 aromatic heterocycles. The van der Waals surface area contributed by atoms with Crippen LogP contribution in [0.2, 0.25) is 0 Å². The molecular formula is C20H27N3O2S. The molecule has 0 aliphatic carbocycles. The Balaban J connectivity index is 1.74. The minimum absolute atomic E-state index is 0.00996. The van der Waals surface area contributed by atoms with E-state index in [-0.39, 0.29) is 18.0 Å². The van der Waals surface area contributed by atoms with Crippen molar-refractivity contribution in [2.75, 3.05) is 40.3 Å². The van der Waals surface area contributed by atoms with Crippen molar-refractivity contribution in [3.8, 4) is 5.75 Å². The van der Waals surface area contributed by atoms with E-state index < -0.39 is 0 Å². The lowest BCUT2D eigenvalue weighted by molar-refractivity contribution is 0.0799. The van der Waals surface area contributed by atoms with Crippen LogP contribution in [0.5, 0.6) is 5.75 Å². The fourth-order valence-corrected chi connectivity index (χ4v) is 4.40. The third kappa shape index (κ3) is 4.44. The molecule has 140 valence electrons. The van der Waals surface area contributed by atoms with E-state index in [9.17, 15) is 4.79 Å². The van der Waals surface area contributed by atoms with Crippen LogP contribution in [0.1, 0.15) is 28.2 Å². The molecule has 0 radical (unpaired) electrons. The van der Waals surface area contributed by atoms with Gasteiger partial charge in [-0.05, 0) is 43.6 Å². The highest BCUT2D eigenvalue weighted by Gasteiger charge is 2.30. The number of piperazine rings is 1. The van der Waals surface area contributed by atoms with Gasteiger partial charge >= 0.3 is 0 Å². The molecule has 6 heteroatoms.